The normalized spacial score (nSPS) is 10.9. The van der Waals surface area contributed by atoms with Crippen molar-refractivity contribution in [2.45, 2.75) is 0 Å². The third kappa shape index (κ3) is 2.87. The number of nitrogens with zero attached hydrogens (tertiary/aromatic N) is 2. The zero-order chi connectivity index (χ0) is 14.5. The Balaban J connectivity index is 2.41. The topological polar surface area (TPSA) is 66.9 Å². The van der Waals surface area contributed by atoms with Gasteiger partial charge in [0.2, 0.25) is 0 Å². The Bertz CT molecular complexity index is 715. The van der Waals surface area contributed by atoms with E-state index in [0.717, 1.165) is 0 Å². The average Bonchev–Trinajstić information content (AvgIpc) is 2.46. The first kappa shape index (κ1) is 13.4. The van der Waals surface area contributed by atoms with E-state index in [1.807, 2.05) is 6.07 Å². The third-order valence-electron chi connectivity index (χ3n) is 2.71. The number of rotatable bonds is 3. The van der Waals surface area contributed by atoms with Crippen LogP contribution in [-0.2, 0) is 0 Å². The Kier molecular flexibility index (Phi) is 3.87. The molecule has 20 heavy (non-hydrogen) atoms. The molecule has 0 saturated heterocycles. The molecule has 0 spiro atoms. The molecule has 0 aliphatic heterocycles. The number of halogens is 1. The smallest absolute Gasteiger partial charge is 0.258 e. The maximum Gasteiger partial charge on any atom is 0.269 e. The van der Waals surface area contributed by atoms with E-state index in [-0.39, 0.29) is 11.3 Å². The van der Waals surface area contributed by atoms with Crippen molar-refractivity contribution in [2.24, 2.45) is 0 Å². The van der Waals surface area contributed by atoms with Gasteiger partial charge >= 0.3 is 0 Å². The maximum atomic E-state index is 13.5. The quantitative estimate of drug-likeness (QED) is 0.368. The monoisotopic (exact) mass is 268 g/mol. The number of hydrogen-bond donors (Lipinski definition) is 0. The second-order valence-corrected chi connectivity index (χ2v) is 4.00. The van der Waals surface area contributed by atoms with E-state index in [1.165, 1.54) is 36.4 Å². The number of non-ortho nitro benzene ring substituents is 1. The minimum absolute atomic E-state index is 0.0584. The Morgan fingerprint density at radius 2 is 1.85 bits per heavy atom. The molecule has 0 radical (unpaired) electrons. The number of nitro benzene ring substituents is 1. The molecule has 98 valence electrons. The molecule has 2 aromatic carbocycles. The lowest BCUT2D eigenvalue weighted by atomic mass is 10.0. The van der Waals surface area contributed by atoms with Crippen LogP contribution in [0.5, 0.6) is 0 Å². The van der Waals surface area contributed by atoms with Gasteiger partial charge in [0.1, 0.15) is 5.82 Å². The van der Waals surface area contributed by atoms with Crippen molar-refractivity contribution in [3.05, 3.63) is 75.6 Å². The summed E-state index contributed by atoms with van der Waals surface area (Å²) in [6.07, 6.45) is 1.41. The van der Waals surface area contributed by atoms with Crippen LogP contribution in [0.2, 0.25) is 0 Å². The van der Waals surface area contributed by atoms with E-state index in [2.05, 4.69) is 0 Å². The van der Waals surface area contributed by atoms with Gasteiger partial charge in [-0.3, -0.25) is 10.1 Å². The molecule has 0 aromatic heterocycles. The van der Waals surface area contributed by atoms with E-state index < -0.39 is 10.7 Å². The van der Waals surface area contributed by atoms with Crippen molar-refractivity contribution in [3.63, 3.8) is 0 Å². The molecule has 5 heteroatoms. The zero-order valence-electron chi connectivity index (χ0n) is 10.3. The first-order valence-corrected chi connectivity index (χ1v) is 5.73. The van der Waals surface area contributed by atoms with Gasteiger partial charge in [0, 0.05) is 17.7 Å². The minimum atomic E-state index is -0.517. The first-order valence-electron chi connectivity index (χ1n) is 5.73. The summed E-state index contributed by atoms with van der Waals surface area (Å²) in [4.78, 5) is 10.0. The predicted octanol–water partition coefficient (Wildman–Crippen LogP) is 3.80. The third-order valence-corrected chi connectivity index (χ3v) is 2.71. The molecule has 0 bridgehead atoms. The van der Waals surface area contributed by atoms with Crippen LogP contribution in [0.15, 0.2) is 48.5 Å². The number of nitro groups is 1. The summed E-state index contributed by atoms with van der Waals surface area (Å²) in [5.41, 5.74) is 0.977. The highest BCUT2D eigenvalue weighted by atomic mass is 19.1. The summed E-state index contributed by atoms with van der Waals surface area (Å²) in [5.74, 6) is -0.429. The lowest BCUT2D eigenvalue weighted by molar-refractivity contribution is -0.384. The average molecular weight is 268 g/mol. The molecule has 0 aliphatic rings. The summed E-state index contributed by atoms with van der Waals surface area (Å²) in [6.45, 7) is 0. The number of benzene rings is 2. The first-order chi connectivity index (χ1) is 9.61. The van der Waals surface area contributed by atoms with Crippen molar-refractivity contribution in [2.75, 3.05) is 0 Å². The van der Waals surface area contributed by atoms with Gasteiger partial charge in [-0.1, -0.05) is 18.2 Å². The molecule has 2 aromatic rings. The summed E-state index contributed by atoms with van der Waals surface area (Å²) in [7, 11) is 0. The molecule has 4 nitrogen and oxygen atoms in total. The number of allylic oxidation sites excluding steroid dienone is 1. The fourth-order valence-electron chi connectivity index (χ4n) is 1.69. The van der Waals surface area contributed by atoms with Crippen LogP contribution < -0.4 is 0 Å². The molecule has 0 atom stereocenters. The van der Waals surface area contributed by atoms with Gasteiger partial charge in [-0.05, 0) is 29.8 Å². The van der Waals surface area contributed by atoms with Gasteiger partial charge in [-0.15, -0.1) is 0 Å². The van der Waals surface area contributed by atoms with Gasteiger partial charge in [0.15, 0.2) is 0 Å². The lowest BCUT2D eigenvalue weighted by Gasteiger charge is -2.00. The van der Waals surface area contributed by atoms with Gasteiger partial charge in [0.05, 0.1) is 16.6 Å². The molecule has 2 rings (SSSR count). The molecule has 0 amide bonds. The van der Waals surface area contributed by atoms with Gasteiger partial charge in [0.25, 0.3) is 5.69 Å². The highest BCUT2D eigenvalue weighted by molar-refractivity contribution is 5.89. The van der Waals surface area contributed by atoms with Crippen LogP contribution in [0.25, 0.3) is 11.6 Å². The molecule has 0 saturated carbocycles. The van der Waals surface area contributed by atoms with Crippen LogP contribution in [0.1, 0.15) is 11.1 Å². The van der Waals surface area contributed by atoms with E-state index in [1.54, 1.807) is 18.2 Å². The molecule has 0 unspecified atom stereocenters. The Morgan fingerprint density at radius 1 is 1.20 bits per heavy atom. The Morgan fingerprint density at radius 3 is 2.40 bits per heavy atom. The Hall–Kier alpha value is -3.00. The van der Waals surface area contributed by atoms with Crippen LogP contribution in [0.3, 0.4) is 0 Å². The standard InChI is InChI=1S/C15H9FN2O2/c16-15-4-2-1-3-12(15)9-13(10-17)11-5-7-14(8-6-11)18(19)20/h1-9H/b13-9-. The van der Waals surface area contributed by atoms with E-state index in [0.29, 0.717) is 11.1 Å². The van der Waals surface area contributed by atoms with Crippen LogP contribution in [0.4, 0.5) is 10.1 Å². The summed E-state index contributed by atoms with van der Waals surface area (Å²) >= 11 is 0. The van der Waals surface area contributed by atoms with Crippen molar-refractivity contribution < 1.29 is 9.31 Å². The van der Waals surface area contributed by atoms with Crippen LogP contribution in [0, 0.1) is 27.3 Å². The molecule has 0 aliphatic carbocycles. The van der Waals surface area contributed by atoms with Crippen molar-refractivity contribution in [1.82, 2.24) is 0 Å². The van der Waals surface area contributed by atoms with E-state index >= 15 is 0 Å². The summed E-state index contributed by atoms with van der Waals surface area (Å²) in [5, 5.41) is 19.7. The highest BCUT2D eigenvalue weighted by Crippen LogP contribution is 2.21. The fraction of sp³-hybridized carbons (Fsp3) is 0. The highest BCUT2D eigenvalue weighted by Gasteiger charge is 2.07. The largest absolute Gasteiger partial charge is 0.269 e. The summed E-state index contributed by atoms with van der Waals surface area (Å²) < 4.78 is 13.5. The lowest BCUT2D eigenvalue weighted by Crippen LogP contribution is -1.89. The molecule has 0 heterocycles. The second-order valence-electron chi connectivity index (χ2n) is 4.00. The van der Waals surface area contributed by atoms with E-state index in [4.69, 9.17) is 5.26 Å². The molecule has 0 N–H and O–H groups in total. The van der Waals surface area contributed by atoms with Crippen molar-refractivity contribution >= 4 is 17.3 Å². The van der Waals surface area contributed by atoms with Gasteiger partial charge < -0.3 is 0 Å². The maximum absolute atomic E-state index is 13.5. The van der Waals surface area contributed by atoms with E-state index in [9.17, 15) is 14.5 Å². The van der Waals surface area contributed by atoms with Crippen molar-refractivity contribution in [3.8, 4) is 6.07 Å². The van der Waals surface area contributed by atoms with Gasteiger partial charge in [-0.25, -0.2) is 4.39 Å². The number of hydrogen-bond acceptors (Lipinski definition) is 3. The minimum Gasteiger partial charge on any atom is -0.258 e. The molecular weight excluding hydrogens is 259 g/mol. The fourth-order valence-corrected chi connectivity index (χ4v) is 1.69. The number of nitriles is 1. The zero-order valence-corrected chi connectivity index (χ0v) is 10.3. The van der Waals surface area contributed by atoms with Gasteiger partial charge in [-0.2, -0.15) is 5.26 Å². The molecule has 0 fully saturated rings. The van der Waals surface area contributed by atoms with Crippen LogP contribution in [-0.4, -0.2) is 4.92 Å². The SMILES string of the molecule is N#C/C(=C/c1ccccc1F)c1ccc([N+](=O)[O-])cc1. The van der Waals surface area contributed by atoms with Crippen LogP contribution >= 0.6 is 0 Å². The van der Waals surface area contributed by atoms with Crippen molar-refractivity contribution in [1.29, 1.82) is 5.26 Å². The summed E-state index contributed by atoms with van der Waals surface area (Å²) in [6, 6.07) is 13.6. The Labute approximate surface area is 114 Å². The predicted molar refractivity (Wildman–Crippen MR) is 73.0 cm³/mol. The molecular formula is C15H9FN2O2. The second kappa shape index (κ2) is 5.76.